The minimum atomic E-state index is -3.75. The molecule has 7 heteroatoms. The molecular weight excluding hydrogens is 444 g/mol. The maximum Gasteiger partial charge on any atom is 0.182 e. The van der Waals surface area contributed by atoms with E-state index < -0.39 is 15.7 Å². The summed E-state index contributed by atoms with van der Waals surface area (Å²) in [6.45, 7) is 3.22. The summed E-state index contributed by atoms with van der Waals surface area (Å²) in [5.41, 5.74) is 3.45. The second-order valence-electron chi connectivity index (χ2n) is 8.56. The average Bonchev–Trinajstić information content (AvgIpc) is 3.23. The van der Waals surface area contributed by atoms with Gasteiger partial charge in [0.2, 0.25) is 0 Å². The van der Waals surface area contributed by atoms with Gasteiger partial charge in [0.05, 0.1) is 10.6 Å². The zero-order valence-corrected chi connectivity index (χ0v) is 19.1. The number of fused-ring (bicyclic) bond motifs is 1. The quantitative estimate of drug-likeness (QED) is 0.513. The molecule has 1 atom stereocenters. The standard InChI is InChI=1S/C26H25F2NO3S/c1-17(24-4-2-3-5-25(24)27)10-22(30)12-19-8-9-23(13-26(19)28)33(31,32)16-18-6-7-20-14-29-15-21(20)11-18/h2-9,11,13,17,29H,10,12,14-16H2,1H3. The monoisotopic (exact) mass is 469 g/mol. The van der Waals surface area contributed by atoms with Crippen LogP contribution in [0.5, 0.6) is 0 Å². The van der Waals surface area contributed by atoms with Gasteiger partial charge < -0.3 is 5.32 Å². The Labute approximate surface area is 192 Å². The molecule has 0 fully saturated rings. The van der Waals surface area contributed by atoms with Crippen LogP contribution in [0.2, 0.25) is 0 Å². The summed E-state index contributed by atoms with van der Waals surface area (Å²) >= 11 is 0. The minimum Gasteiger partial charge on any atom is -0.309 e. The number of Topliss-reactive ketones (excluding diaryl/α,β-unsaturated/α-hetero) is 1. The van der Waals surface area contributed by atoms with Crippen LogP contribution in [0.25, 0.3) is 0 Å². The van der Waals surface area contributed by atoms with Crippen molar-refractivity contribution < 1.29 is 22.0 Å². The average molecular weight is 470 g/mol. The molecule has 0 bridgehead atoms. The van der Waals surface area contributed by atoms with Gasteiger partial charge in [-0.25, -0.2) is 17.2 Å². The van der Waals surface area contributed by atoms with E-state index in [1.54, 1.807) is 31.2 Å². The fraction of sp³-hybridized carbons (Fsp3) is 0.269. The molecule has 0 amide bonds. The van der Waals surface area contributed by atoms with Crippen molar-refractivity contribution in [3.8, 4) is 0 Å². The number of rotatable bonds is 8. The minimum absolute atomic E-state index is 0.0631. The molecule has 0 aromatic heterocycles. The van der Waals surface area contributed by atoms with E-state index in [1.807, 2.05) is 12.1 Å². The van der Waals surface area contributed by atoms with Crippen LogP contribution in [0.1, 0.15) is 47.1 Å². The summed E-state index contributed by atoms with van der Waals surface area (Å²) in [6.07, 6.45) is -0.115. The molecule has 1 N–H and O–H groups in total. The van der Waals surface area contributed by atoms with E-state index in [-0.39, 0.29) is 46.6 Å². The molecular formula is C26H25F2NO3S. The maximum atomic E-state index is 14.7. The van der Waals surface area contributed by atoms with Crippen LogP contribution in [0.4, 0.5) is 8.78 Å². The molecule has 0 saturated heterocycles. The summed E-state index contributed by atoms with van der Waals surface area (Å²) in [6, 6.07) is 15.5. The topological polar surface area (TPSA) is 63.2 Å². The van der Waals surface area contributed by atoms with Crippen molar-refractivity contribution in [2.45, 2.75) is 49.4 Å². The first-order chi connectivity index (χ1) is 15.7. The molecule has 0 aliphatic carbocycles. The number of hydrogen-bond donors (Lipinski definition) is 1. The zero-order chi connectivity index (χ0) is 23.6. The predicted molar refractivity (Wildman–Crippen MR) is 122 cm³/mol. The Hall–Kier alpha value is -2.90. The number of benzene rings is 3. The Morgan fingerprint density at radius 2 is 1.73 bits per heavy atom. The predicted octanol–water partition coefficient (Wildman–Crippen LogP) is 4.85. The number of nitrogens with one attached hydrogen (secondary N) is 1. The lowest BCUT2D eigenvalue weighted by atomic mass is 9.93. The van der Waals surface area contributed by atoms with E-state index in [4.69, 9.17) is 0 Å². The lowest BCUT2D eigenvalue weighted by Gasteiger charge is -2.13. The lowest BCUT2D eigenvalue weighted by molar-refractivity contribution is -0.118. The first-order valence-electron chi connectivity index (χ1n) is 10.8. The third kappa shape index (κ3) is 5.37. The molecule has 0 radical (unpaired) electrons. The van der Waals surface area contributed by atoms with Gasteiger partial charge in [-0.2, -0.15) is 0 Å². The largest absolute Gasteiger partial charge is 0.309 e. The van der Waals surface area contributed by atoms with E-state index in [1.165, 1.54) is 18.2 Å². The highest BCUT2D eigenvalue weighted by atomic mass is 32.2. The van der Waals surface area contributed by atoms with E-state index >= 15 is 0 Å². The van der Waals surface area contributed by atoms with Gasteiger partial charge in [-0.05, 0) is 51.9 Å². The van der Waals surface area contributed by atoms with E-state index in [2.05, 4.69) is 5.32 Å². The van der Waals surface area contributed by atoms with E-state index in [9.17, 15) is 22.0 Å². The Balaban J connectivity index is 1.44. The highest BCUT2D eigenvalue weighted by molar-refractivity contribution is 7.90. The molecule has 1 heterocycles. The number of ketones is 1. The number of sulfone groups is 1. The van der Waals surface area contributed by atoms with Gasteiger partial charge >= 0.3 is 0 Å². The van der Waals surface area contributed by atoms with Gasteiger partial charge in [0.1, 0.15) is 17.4 Å². The molecule has 1 aliphatic rings. The van der Waals surface area contributed by atoms with Crippen LogP contribution in [-0.2, 0) is 39.9 Å². The lowest BCUT2D eigenvalue weighted by Crippen LogP contribution is -2.11. The van der Waals surface area contributed by atoms with Crippen LogP contribution in [0, 0.1) is 11.6 Å². The molecule has 1 unspecified atom stereocenters. The zero-order valence-electron chi connectivity index (χ0n) is 18.3. The van der Waals surface area contributed by atoms with E-state index in [0.717, 1.165) is 23.7 Å². The summed E-state index contributed by atoms with van der Waals surface area (Å²) in [7, 11) is -3.75. The third-order valence-corrected chi connectivity index (χ3v) is 7.69. The Morgan fingerprint density at radius 1 is 0.970 bits per heavy atom. The second-order valence-corrected chi connectivity index (χ2v) is 10.6. The van der Waals surface area contributed by atoms with Crippen molar-refractivity contribution in [2.75, 3.05) is 0 Å². The smallest absolute Gasteiger partial charge is 0.182 e. The highest BCUT2D eigenvalue weighted by Crippen LogP contribution is 2.25. The SMILES string of the molecule is CC(CC(=O)Cc1ccc(S(=O)(=O)Cc2ccc3c(c2)CNC3)cc1F)c1ccccc1F. The van der Waals surface area contributed by atoms with Crippen molar-refractivity contribution in [2.24, 2.45) is 0 Å². The van der Waals surface area contributed by atoms with Crippen LogP contribution < -0.4 is 5.32 Å². The Morgan fingerprint density at radius 3 is 2.48 bits per heavy atom. The van der Waals surface area contributed by atoms with Crippen molar-refractivity contribution in [1.29, 1.82) is 0 Å². The molecule has 33 heavy (non-hydrogen) atoms. The van der Waals surface area contributed by atoms with Gasteiger partial charge in [0.25, 0.3) is 0 Å². The number of hydrogen-bond acceptors (Lipinski definition) is 4. The number of carbonyl (C=O) groups is 1. The van der Waals surface area contributed by atoms with Gasteiger partial charge in [-0.1, -0.05) is 49.4 Å². The number of carbonyl (C=O) groups excluding carboxylic acids is 1. The van der Waals surface area contributed by atoms with Crippen LogP contribution in [-0.4, -0.2) is 14.2 Å². The van der Waals surface area contributed by atoms with E-state index in [0.29, 0.717) is 17.7 Å². The summed E-state index contributed by atoms with van der Waals surface area (Å²) in [5, 5.41) is 3.22. The van der Waals surface area contributed by atoms with Crippen molar-refractivity contribution >= 4 is 15.6 Å². The third-order valence-electron chi connectivity index (χ3n) is 6.00. The van der Waals surface area contributed by atoms with Crippen LogP contribution in [0.3, 0.4) is 0 Å². The normalized spacial score (nSPS) is 14.2. The van der Waals surface area contributed by atoms with Gasteiger partial charge in [-0.3, -0.25) is 4.79 Å². The molecule has 0 spiro atoms. The van der Waals surface area contributed by atoms with Gasteiger partial charge in [0, 0.05) is 25.9 Å². The first-order valence-corrected chi connectivity index (χ1v) is 12.5. The Bertz CT molecular complexity index is 1300. The van der Waals surface area contributed by atoms with Crippen LogP contribution >= 0.6 is 0 Å². The van der Waals surface area contributed by atoms with Crippen LogP contribution in [0.15, 0.2) is 65.6 Å². The van der Waals surface area contributed by atoms with Crippen molar-refractivity contribution in [1.82, 2.24) is 5.32 Å². The number of halogens is 2. The van der Waals surface area contributed by atoms with Crippen molar-refractivity contribution in [3.05, 3.63) is 100 Å². The molecule has 4 rings (SSSR count). The Kier molecular flexibility index (Phi) is 6.72. The fourth-order valence-electron chi connectivity index (χ4n) is 4.22. The van der Waals surface area contributed by atoms with Gasteiger partial charge in [0.15, 0.2) is 9.84 Å². The molecule has 0 saturated carbocycles. The molecule has 3 aromatic rings. The second kappa shape index (κ2) is 9.53. The summed E-state index contributed by atoms with van der Waals surface area (Å²) in [4.78, 5) is 12.3. The fourth-order valence-corrected chi connectivity index (χ4v) is 5.56. The molecule has 4 nitrogen and oxygen atoms in total. The summed E-state index contributed by atoms with van der Waals surface area (Å²) < 4.78 is 54.3. The van der Waals surface area contributed by atoms with Gasteiger partial charge in [-0.15, -0.1) is 0 Å². The molecule has 1 aliphatic heterocycles. The highest BCUT2D eigenvalue weighted by Gasteiger charge is 2.21. The molecule has 172 valence electrons. The summed E-state index contributed by atoms with van der Waals surface area (Å²) in [5.74, 6) is -1.92. The maximum absolute atomic E-state index is 14.7. The first kappa shape index (κ1) is 23.3. The van der Waals surface area contributed by atoms with Crippen molar-refractivity contribution in [3.63, 3.8) is 0 Å². The molecule has 3 aromatic carbocycles.